The summed E-state index contributed by atoms with van der Waals surface area (Å²) in [6.07, 6.45) is 1.79. The van der Waals surface area contributed by atoms with Crippen LogP contribution in [0.2, 0.25) is 0 Å². The van der Waals surface area contributed by atoms with Crippen molar-refractivity contribution in [2.75, 3.05) is 19.7 Å². The molecule has 0 aromatic heterocycles. The van der Waals surface area contributed by atoms with Gasteiger partial charge in [-0.1, -0.05) is 6.07 Å². The van der Waals surface area contributed by atoms with Gasteiger partial charge < -0.3 is 15.4 Å². The second-order valence-corrected chi connectivity index (χ2v) is 4.55. The Hall–Kier alpha value is -1.33. The Morgan fingerprint density at radius 2 is 2.15 bits per heavy atom. The predicted molar refractivity (Wildman–Crippen MR) is 78.2 cm³/mol. The van der Waals surface area contributed by atoms with Crippen LogP contribution in [0.3, 0.4) is 0 Å². The molecule has 0 unspecified atom stereocenters. The number of rotatable bonds is 4. The molecule has 1 aromatic rings. The van der Waals surface area contributed by atoms with Gasteiger partial charge in [0.15, 0.2) is 11.6 Å². The highest BCUT2D eigenvalue weighted by molar-refractivity contribution is 5.97. The average Bonchev–Trinajstić information content (AvgIpc) is 2.42. The van der Waals surface area contributed by atoms with Crippen LogP contribution in [0.5, 0.6) is 5.75 Å². The Labute approximate surface area is 124 Å². The standard InChI is InChI=1S/C14H19FN2O2.ClH/c1-2-19-13-11(4-3-5-12(13)15)14(18)17-10-6-8-16-9-7-10;/h3-5,10,16H,2,6-9H2,1H3,(H,17,18);1H. The molecule has 2 rings (SSSR count). The molecule has 0 saturated carbocycles. The van der Waals surface area contributed by atoms with Gasteiger partial charge in [-0.25, -0.2) is 4.39 Å². The summed E-state index contributed by atoms with van der Waals surface area (Å²) in [5.74, 6) is -0.730. The summed E-state index contributed by atoms with van der Waals surface area (Å²) < 4.78 is 18.9. The second kappa shape index (κ2) is 8.07. The zero-order valence-corrected chi connectivity index (χ0v) is 12.3. The fraction of sp³-hybridized carbons (Fsp3) is 0.500. The van der Waals surface area contributed by atoms with E-state index < -0.39 is 5.82 Å². The first-order chi connectivity index (χ1) is 9.22. The zero-order valence-electron chi connectivity index (χ0n) is 11.4. The van der Waals surface area contributed by atoms with Crippen LogP contribution in [0.25, 0.3) is 0 Å². The van der Waals surface area contributed by atoms with Crippen molar-refractivity contribution < 1.29 is 13.9 Å². The molecule has 6 heteroatoms. The van der Waals surface area contributed by atoms with Gasteiger partial charge in [0.25, 0.3) is 5.91 Å². The van der Waals surface area contributed by atoms with E-state index in [4.69, 9.17) is 4.74 Å². The van der Waals surface area contributed by atoms with Crippen molar-refractivity contribution in [3.63, 3.8) is 0 Å². The summed E-state index contributed by atoms with van der Waals surface area (Å²) in [6, 6.07) is 4.55. The fourth-order valence-electron chi connectivity index (χ4n) is 2.21. The molecule has 0 spiro atoms. The number of para-hydroxylation sites is 1. The number of hydrogen-bond donors (Lipinski definition) is 2. The lowest BCUT2D eigenvalue weighted by Gasteiger charge is -2.24. The number of carbonyl (C=O) groups excluding carboxylic acids is 1. The van der Waals surface area contributed by atoms with Crippen molar-refractivity contribution >= 4 is 18.3 Å². The Balaban J connectivity index is 0.00000200. The summed E-state index contributed by atoms with van der Waals surface area (Å²) in [4.78, 5) is 12.2. The highest BCUT2D eigenvalue weighted by atomic mass is 35.5. The topological polar surface area (TPSA) is 50.4 Å². The number of nitrogens with one attached hydrogen (secondary N) is 2. The van der Waals surface area contributed by atoms with Gasteiger partial charge in [-0.2, -0.15) is 0 Å². The predicted octanol–water partition coefficient (Wildman–Crippen LogP) is 2.13. The van der Waals surface area contributed by atoms with Gasteiger partial charge in [0.05, 0.1) is 12.2 Å². The number of ether oxygens (including phenoxy) is 1. The average molecular weight is 303 g/mol. The van der Waals surface area contributed by atoms with Crippen LogP contribution < -0.4 is 15.4 Å². The van der Waals surface area contributed by atoms with Gasteiger partial charge in [0, 0.05) is 6.04 Å². The van der Waals surface area contributed by atoms with Gasteiger partial charge >= 0.3 is 0 Å². The summed E-state index contributed by atoms with van der Waals surface area (Å²) in [7, 11) is 0. The van der Waals surface area contributed by atoms with Crippen molar-refractivity contribution in [3.05, 3.63) is 29.6 Å². The summed E-state index contributed by atoms with van der Waals surface area (Å²) in [6.45, 7) is 3.88. The molecule has 1 aliphatic rings. The first kappa shape index (κ1) is 16.7. The van der Waals surface area contributed by atoms with E-state index in [1.165, 1.54) is 12.1 Å². The third-order valence-electron chi connectivity index (χ3n) is 3.17. The minimum Gasteiger partial charge on any atom is -0.490 e. The Bertz CT molecular complexity index is 451. The van der Waals surface area contributed by atoms with Gasteiger partial charge in [-0.3, -0.25) is 4.79 Å². The molecule has 1 aliphatic heterocycles. The molecule has 0 atom stereocenters. The van der Waals surface area contributed by atoms with Crippen molar-refractivity contribution in [1.82, 2.24) is 10.6 Å². The van der Waals surface area contributed by atoms with E-state index in [0.29, 0.717) is 6.61 Å². The molecule has 2 N–H and O–H groups in total. The minimum absolute atomic E-state index is 0. The van der Waals surface area contributed by atoms with Crippen LogP contribution >= 0.6 is 12.4 Å². The molecular formula is C14H20ClFN2O2. The van der Waals surface area contributed by atoms with E-state index in [2.05, 4.69) is 10.6 Å². The third kappa shape index (κ3) is 4.08. The minimum atomic E-state index is -0.500. The molecule has 112 valence electrons. The van der Waals surface area contributed by atoms with Crippen LogP contribution in [0, 0.1) is 5.82 Å². The summed E-state index contributed by atoms with van der Waals surface area (Å²) in [5.41, 5.74) is 0.264. The molecule has 0 bridgehead atoms. The third-order valence-corrected chi connectivity index (χ3v) is 3.17. The Morgan fingerprint density at radius 3 is 2.80 bits per heavy atom. The number of amides is 1. The SMILES string of the molecule is CCOc1c(F)cccc1C(=O)NC1CCNCC1.Cl. The number of carbonyl (C=O) groups is 1. The second-order valence-electron chi connectivity index (χ2n) is 4.55. The van der Waals surface area contributed by atoms with E-state index in [9.17, 15) is 9.18 Å². The highest BCUT2D eigenvalue weighted by Crippen LogP contribution is 2.23. The summed E-state index contributed by atoms with van der Waals surface area (Å²) >= 11 is 0. The van der Waals surface area contributed by atoms with Gasteiger partial charge in [0.1, 0.15) is 0 Å². The van der Waals surface area contributed by atoms with Crippen LogP contribution in [0.1, 0.15) is 30.1 Å². The smallest absolute Gasteiger partial charge is 0.255 e. The first-order valence-electron chi connectivity index (χ1n) is 6.65. The Kier molecular flexibility index (Phi) is 6.75. The van der Waals surface area contributed by atoms with Crippen LogP contribution in [0.15, 0.2) is 18.2 Å². The molecule has 1 fully saturated rings. The monoisotopic (exact) mass is 302 g/mol. The van der Waals surface area contributed by atoms with Crippen molar-refractivity contribution in [3.8, 4) is 5.75 Å². The molecule has 20 heavy (non-hydrogen) atoms. The molecule has 1 heterocycles. The van der Waals surface area contributed by atoms with E-state index in [1.54, 1.807) is 13.0 Å². The van der Waals surface area contributed by atoms with Crippen LogP contribution in [-0.2, 0) is 0 Å². The maximum Gasteiger partial charge on any atom is 0.255 e. The summed E-state index contributed by atoms with van der Waals surface area (Å²) in [5, 5.41) is 6.17. The van der Waals surface area contributed by atoms with E-state index in [0.717, 1.165) is 25.9 Å². The number of benzene rings is 1. The molecule has 1 saturated heterocycles. The fourth-order valence-corrected chi connectivity index (χ4v) is 2.21. The Morgan fingerprint density at radius 1 is 1.45 bits per heavy atom. The maximum absolute atomic E-state index is 13.7. The van der Waals surface area contributed by atoms with E-state index >= 15 is 0 Å². The lowest BCUT2D eigenvalue weighted by Crippen LogP contribution is -2.42. The number of hydrogen-bond acceptors (Lipinski definition) is 3. The largest absolute Gasteiger partial charge is 0.490 e. The van der Waals surface area contributed by atoms with Gasteiger partial charge in [-0.15, -0.1) is 12.4 Å². The van der Waals surface area contributed by atoms with Crippen LogP contribution in [-0.4, -0.2) is 31.6 Å². The molecular weight excluding hydrogens is 283 g/mol. The lowest BCUT2D eigenvalue weighted by atomic mass is 10.1. The quantitative estimate of drug-likeness (QED) is 0.896. The van der Waals surface area contributed by atoms with Gasteiger partial charge in [-0.05, 0) is 45.0 Å². The van der Waals surface area contributed by atoms with E-state index in [1.807, 2.05) is 0 Å². The van der Waals surface area contributed by atoms with Gasteiger partial charge in [0.2, 0.25) is 0 Å². The number of piperidine rings is 1. The zero-order chi connectivity index (χ0) is 13.7. The van der Waals surface area contributed by atoms with Crippen LogP contribution in [0.4, 0.5) is 4.39 Å². The first-order valence-corrected chi connectivity index (χ1v) is 6.65. The molecule has 4 nitrogen and oxygen atoms in total. The van der Waals surface area contributed by atoms with E-state index in [-0.39, 0.29) is 35.7 Å². The molecule has 0 radical (unpaired) electrons. The van der Waals surface area contributed by atoms with Crippen molar-refractivity contribution in [1.29, 1.82) is 0 Å². The van der Waals surface area contributed by atoms with Crippen molar-refractivity contribution in [2.24, 2.45) is 0 Å². The lowest BCUT2D eigenvalue weighted by molar-refractivity contribution is 0.0924. The highest BCUT2D eigenvalue weighted by Gasteiger charge is 2.20. The molecule has 0 aliphatic carbocycles. The normalized spacial score (nSPS) is 15.3. The molecule has 1 amide bonds. The maximum atomic E-state index is 13.7. The van der Waals surface area contributed by atoms with Crippen molar-refractivity contribution in [2.45, 2.75) is 25.8 Å². The number of halogens is 2. The molecule has 1 aromatic carbocycles.